The lowest BCUT2D eigenvalue weighted by Gasteiger charge is -2.53. The average molecular weight is 403 g/mol. The summed E-state index contributed by atoms with van der Waals surface area (Å²) in [6, 6.07) is 0. The highest BCUT2D eigenvalue weighted by Crippen LogP contribution is 2.64. The van der Waals surface area contributed by atoms with Crippen molar-refractivity contribution < 1.29 is 14.6 Å². The SMILES string of the molecule is CC(C)CCC[C@@H](C)[C@H]1CC[C@@H]2C3=C(CC[C@@]21C)[C@@]1(C)CCC(O)C[C@@H]1C(=O)O3. The highest BCUT2D eigenvalue weighted by Gasteiger charge is 2.59. The molecule has 0 amide bonds. The zero-order chi connectivity index (χ0) is 21.0. The Kier molecular flexibility index (Phi) is 5.68. The number of ether oxygens (including phenoxy) is 1. The molecule has 164 valence electrons. The molecule has 1 heterocycles. The number of aliphatic hydroxyl groups excluding tert-OH is 1. The van der Waals surface area contributed by atoms with E-state index in [1.165, 1.54) is 44.1 Å². The fourth-order valence-electron chi connectivity index (χ4n) is 7.65. The summed E-state index contributed by atoms with van der Waals surface area (Å²) >= 11 is 0. The summed E-state index contributed by atoms with van der Waals surface area (Å²) in [4.78, 5) is 13.0. The molecule has 0 spiro atoms. The smallest absolute Gasteiger partial charge is 0.315 e. The number of hydrogen-bond acceptors (Lipinski definition) is 3. The Bertz CT molecular complexity index is 679. The van der Waals surface area contributed by atoms with Crippen molar-refractivity contribution in [1.29, 1.82) is 0 Å². The molecule has 1 aliphatic heterocycles. The lowest BCUT2D eigenvalue weighted by atomic mass is 9.54. The van der Waals surface area contributed by atoms with Gasteiger partial charge in [0.1, 0.15) is 5.76 Å². The van der Waals surface area contributed by atoms with Gasteiger partial charge in [0, 0.05) is 11.3 Å². The molecule has 0 aromatic heterocycles. The first-order valence-electron chi connectivity index (χ1n) is 12.3. The molecular weight excluding hydrogens is 360 g/mol. The van der Waals surface area contributed by atoms with Crippen molar-refractivity contribution >= 4 is 5.97 Å². The minimum Gasteiger partial charge on any atom is -0.431 e. The fourth-order valence-corrected chi connectivity index (χ4v) is 7.65. The number of hydrogen-bond donors (Lipinski definition) is 1. The first kappa shape index (κ1) is 21.4. The second-order valence-electron chi connectivity index (χ2n) is 11.7. The standard InChI is InChI=1S/C26H42O3/c1-16(2)7-6-8-17(3)19-9-10-20-23-21(12-14-25(19,20)4)26(5)13-11-18(27)15-22(26)24(28)29-23/h16-20,22,27H,6-15H2,1-5H3/t17-,18?,19-,20-,22-,25-,26-/m1/s1. The van der Waals surface area contributed by atoms with Crippen LogP contribution in [0.1, 0.15) is 98.8 Å². The molecule has 29 heavy (non-hydrogen) atoms. The molecule has 3 aliphatic carbocycles. The Morgan fingerprint density at radius 1 is 1.07 bits per heavy atom. The van der Waals surface area contributed by atoms with E-state index in [4.69, 9.17) is 4.74 Å². The molecule has 3 nitrogen and oxygen atoms in total. The van der Waals surface area contributed by atoms with E-state index in [0.717, 1.165) is 42.8 Å². The van der Waals surface area contributed by atoms with Gasteiger partial charge in [0.25, 0.3) is 0 Å². The molecule has 2 saturated carbocycles. The molecule has 0 bridgehead atoms. The summed E-state index contributed by atoms with van der Waals surface area (Å²) in [5.41, 5.74) is 1.62. The topological polar surface area (TPSA) is 46.5 Å². The second kappa shape index (κ2) is 7.70. The van der Waals surface area contributed by atoms with Crippen LogP contribution < -0.4 is 0 Å². The summed E-state index contributed by atoms with van der Waals surface area (Å²) in [7, 11) is 0. The molecular formula is C26H42O3. The lowest BCUT2D eigenvalue weighted by molar-refractivity contribution is -0.159. The molecule has 7 atom stereocenters. The molecule has 1 N–H and O–H groups in total. The van der Waals surface area contributed by atoms with Crippen molar-refractivity contribution in [2.45, 2.75) is 105 Å². The Morgan fingerprint density at radius 3 is 2.55 bits per heavy atom. The molecule has 3 heteroatoms. The van der Waals surface area contributed by atoms with Crippen LogP contribution in [0.15, 0.2) is 11.3 Å². The van der Waals surface area contributed by atoms with Crippen molar-refractivity contribution in [1.82, 2.24) is 0 Å². The molecule has 0 aromatic rings. The van der Waals surface area contributed by atoms with Gasteiger partial charge in [-0.3, -0.25) is 4.79 Å². The molecule has 1 unspecified atom stereocenters. The van der Waals surface area contributed by atoms with E-state index in [1.54, 1.807) is 0 Å². The van der Waals surface area contributed by atoms with E-state index in [1.807, 2.05) is 0 Å². The maximum Gasteiger partial charge on any atom is 0.315 e. The van der Waals surface area contributed by atoms with Gasteiger partial charge in [-0.15, -0.1) is 0 Å². The predicted octanol–water partition coefficient (Wildman–Crippen LogP) is 6.25. The molecule has 0 aromatic carbocycles. The highest BCUT2D eigenvalue weighted by molar-refractivity contribution is 5.77. The van der Waals surface area contributed by atoms with Crippen LogP contribution >= 0.6 is 0 Å². The van der Waals surface area contributed by atoms with Crippen molar-refractivity contribution in [3.05, 3.63) is 11.3 Å². The third kappa shape index (κ3) is 3.50. The Hall–Kier alpha value is -0.830. The minimum absolute atomic E-state index is 0.0670. The Labute approximate surface area is 177 Å². The van der Waals surface area contributed by atoms with E-state index in [9.17, 15) is 9.90 Å². The first-order chi connectivity index (χ1) is 13.7. The van der Waals surface area contributed by atoms with Crippen LogP contribution in [0.25, 0.3) is 0 Å². The van der Waals surface area contributed by atoms with Gasteiger partial charge in [-0.1, -0.05) is 53.9 Å². The summed E-state index contributed by atoms with van der Waals surface area (Å²) in [6.45, 7) is 11.9. The monoisotopic (exact) mass is 402 g/mol. The Morgan fingerprint density at radius 2 is 1.83 bits per heavy atom. The first-order valence-corrected chi connectivity index (χ1v) is 12.3. The average Bonchev–Trinajstić information content (AvgIpc) is 3.00. The second-order valence-corrected chi connectivity index (χ2v) is 11.7. The molecule has 4 aliphatic rings. The summed E-state index contributed by atoms with van der Waals surface area (Å²) in [5.74, 6) is 3.54. The molecule has 0 saturated heterocycles. The number of esters is 1. The van der Waals surface area contributed by atoms with Crippen molar-refractivity contribution in [2.75, 3.05) is 0 Å². The van der Waals surface area contributed by atoms with Crippen LogP contribution in [0.3, 0.4) is 0 Å². The minimum atomic E-state index is -0.348. The van der Waals surface area contributed by atoms with Gasteiger partial charge in [0.05, 0.1) is 12.0 Å². The number of carbonyl (C=O) groups excluding carboxylic acids is 1. The van der Waals surface area contributed by atoms with Crippen LogP contribution in [-0.2, 0) is 9.53 Å². The van der Waals surface area contributed by atoms with E-state index in [-0.39, 0.29) is 28.8 Å². The Balaban J connectivity index is 1.57. The quantitative estimate of drug-likeness (QED) is 0.553. The van der Waals surface area contributed by atoms with E-state index in [2.05, 4.69) is 34.6 Å². The van der Waals surface area contributed by atoms with Crippen LogP contribution in [-0.4, -0.2) is 17.2 Å². The summed E-state index contributed by atoms with van der Waals surface area (Å²) in [5, 5.41) is 10.1. The van der Waals surface area contributed by atoms with Crippen LogP contribution in [0.2, 0.25) is 0 Å². The van der Waals surface area contributed by atoms with Gasteiger partial charge in [-0.25, -0.2) is 0 Å². The maximum absolute atomic E-state index is 13.0. The third-order valence-electron chi connectivity index (χ3n) is 9.52. The summed E-state index contributed by atoms with van der Waals surface area (Å²) in [6.07, 6.45) is 10.7. The fraction of sp³-hybridized carbons (Fsp3) is 0.885. The number of fused-ring (bicyclic) bond motifs is 4. The zero-order valence-electron chi connectivity index (χ0n) is 19.3. The zero-order valence-corrected chi connectivity index (χ0v) is 19.3. The largest absolute Gasteiger partial charge is 0.431 e. The lowest BCUT2D eigenvalue weighted by Crippen LogP contribution is -2.50. The summed E-state index contributed by atoms with van der Waals surface area (Å²) < 4.78 is 6.12. The predicted molar refractivity (Wildman–Crippen MR) is 116 cm³/mol. The highest BCUT2D eigenvalue weighted by atomic mass is 16.5. The maximum atomic E-state index is 13.0. The van der Waals surface area contributed by atoms with Gasteiger partial charge >= 0.3 is 5.97 Å². The number of allylic oxidation sites excluding steroid dienone is 2. The number of rotatable bonds is 5. The van der Waals surface area contributed by atoms with Gasteiger partial charge in [0.2, 0.25) is 0 Å². The van der Waals surface area contributed by atoms with Crippen molar-refractivity contribution in [2.24, 2.45) is 40.4 Å². The molecule has 0 radical (unpaired) electrons. The van der Waals surface area contributed by atoms with Gasteiger partial charge in [-0.05, 0) is 73.7 Å². The van der Waals surface area contributed by atoms with Gasteiger partial charge in [-0.2, -0.15) is 0 Å². The van der Waals surface area contributed by atoms with Crippen LogP contribution in [0, 0.1) is 40.4 Å². The van der Waals surface area contributed by atoms with Gasteiger partial charge in [0.15, 0.2) is 0 Å². The van der Waals surface area contributed by atoms with E-state index >= 15 is 0 Å². The van der Waals surface area contributed by atoms with E-state index in [0.29, 0.717) is 12.3 Å². The number of carbonyl (C=O) groups is 1. The normalized spacial score (nSPS) is 42.9. The van der Waals surface area contributed by atoms with Crippen LogP contribution in [0.4, 0.5) is 0 Å². The van der Waals surface area contributed by atoms with Gasteiger partial charge < -0.3 is 9.84 Å². The number of aliphatic hydroxyl groups is 1. The van der Waals surface area contributed by atoms with Crippen molar-refractivity contribution in [3.63, 3.8) is 0 Å². The van der Waals surface area contributed by atoms with Crippen LogP contribution in [0.5, 0.6) is 0 Å². The molecule has 2 fully saturated rings. The molecule has 4 rings (SSSR count). The van der Waals surface area contributed by atoms with E-state index < -0.39 is 0 Å². The third-order valence-corrected chi connectivity index (χ3v) is 9.52. The van der Waals surface area contributed by atoms with Crippen molar-refractivity contribution in [3.8, 4) is 0 Å².